The number of aliphatic hydroxyl groups is 2. The Bertz CT molecular complexity index is 1200. The maximum atomic E-state index is 12.5. The quantitative estimate of drug-likeness (QED) is 0.0320. The molecule has 0 saturated carbocycles. The average Bonchev–Trinajstić information content (AvgIpc) is 3.43. The topological polar surface area (TPSA) is 95.9 Å². The van der Waals surface area contributed by atoms with Crippen LogP contribution in [0, 0.1) is 0 Å². The summed E-state index contributed by atoms with van der Waals surface area (Å²) in [6.45, 7) is 4.93. The van der Waals surface area contributed by atoms with E-state index in [2.05, 4.69) is 31.3 Å². The first-order valence-corrected chi connectivity index (χ1v) is 35.1. The summed E-state index contributed by atoms with van der Waals surface area (Å²) in [6.07, 6.45) is 84.0. The number of rotatable bonds is 66. The number of carbonyl (C=O) groups is 2. The molecule has 0 radical (unpaired) electrons. The minimum Gasteiger partial charge on any atom is -0.466 e. The molecule has 456 valence electrons. The lowest BCUT2D eigenvalue weighted by Crippen LogP contribution is -2.45. The van der Waals surface area contributed by atoms with E-state index >= 15 is 0 Å². The lowest BCUT2D eigenvalue weighted by Gasteiger charge is -2.20. The molecule has 0 rings (SSSR count). The van der Waals surface area contributed by atoms with Crippen LogP contribution >= 0.6 is 0 Å². The molecule has 6 heteroatoms. The summed E-state index contributed by atoms with van der Waals surface area (Å²) < 4.78 is 5.49. The monoisotopic (exact) mass is 1080 g/mol. The number of ether oxygens (including phenoxy) is 1. The van der Waals surface area contributed by atoms with Crippen molar-refractivity contribution in [3.8, 4) is 0 Å². The van der Waals surface area contributed by atoms with Crippen LogP contribution in [0.5, 0.6) is 0 Å². The van der Waals surface area contributed by atoms with E-state index < -0.39 is 12.1 Å². The first kappa shape index (κ1) is 75.3. The molecule has 0 aliphatic carbocycles. The van der Waals surface area contributed by atoms with Crippen LogP contribution in [0.1, 0.15) is 393 Å². The van der Waals surface area contributed by atoms with Crippen molar-refractivity contribution in [1.82, 2.24) is 5.32 Å². The number of allylic oxidation sites excluding steroid dienone is 3. The molecule has 0 aliphatic rings. The van der Waals surface area contributed by atoms with E-state index in [1.165, 1.54) is 321 Å². The third-order valence-corrected chi connectivity index (χ3v) is 16.5. The fourth-order valence-electron chi connectivity index (χ4n) is 11.1. The second-order valence-corrected chi connectivity index (χ2v) is 24.2. The molecule has 0 aliphatic heterocycles. The van der Waals surface area contributed by atoms with Crippen LogP contribution in [0.15, 0.2) is 24.3 Å². The van der Waals surface area contributed by atoms with Crippen LogP contribution in [-0.2, 0) is 14.3 Å². The Labute approximate surface area is 481 Å². The van der Waals surface area contributed by atoms with Gasteiger partial charge in [0.1, 0.15) is 0 Å². The van der Waals surface area contributed by atoms with Gasteiger partial charge in [-0.3, -0.25) is 9.59 Å². The van der Waals surface area contributed by atoms with E-state index in [9.17, 15) is 19.8 Å². The van der Waals surface area contributed by atoms with E-state index in [0.717, 1.165) is 44.9 Å². The average molecular weight is 1080 g/mol. The minimum absolute atomic E-state index is 0.0118. The summed E-state index contributed by atoms with van der Waals surface area (Å²) in [6, 6.07) is -0.624. The molecule has 0 bridgehead atoms. The number of hydrogen-bond donors (Lipinski definition) is 3. The Hall–Kier alpha value is -1.66. The van der Waals surface area contributed by atoms with Gasteiger partial charge in [-0.2, -0.15) is 0 Å². The number of nitrogens with one attached hydrogen (secondary N) is 1. The Morgan fingerprint density at radius 2 is 0.610 bits per heavy atom. The Morgan fingerprint density at radius 1 is 0.351 bits per heavy atom. The SMILES string of the molecule is CCCCCCC/C=C\CCCCCCCC(=O)OCCCCCCCCCCCCCCCCCCCCCCCCCCCCCCCCC(=O)NC(CO)C(O)/C=C/CCCCCCCCCCCCCCCC. The third kappa shape index (κ3) is 63.4. The Morgan fingerprint density at radius 3 is 0.922 bits per heavy atom. The predicted molar refractivity (Wildman–Crippen MR) is 338 cm³/mol. The van der Waals surface area contributed by atoms with Crippen LogP contribution in [-0.4, -0.2) is 47.4 Å². The molecule has 0 aromatic heterocycles. The summed E-state index contributed by atoms with van der Waals surface area (Å²) in [5, 5.41) is 23.2. The Balaban J connectivity index is 3.34. The predicted octanol–water partition coefficient (Wildman–Crippen LogP) is 22.5. The molecule has 3 N–H and O–H groups in total. The zero-order valence-electron chi connectivity index (χ0n) is 52.2. The lowest BCUT2D eigenvalue weighted by atomic mass is 10.0. The van der Waals surface area contributed by atoms with Crippen LogP contribution in [0.3, 0.4) is 0 Å². The number of hydrogen-bond acceptors (Lipinski definition) is 5. The molecule has 0 fully saturated rings. The van der Waals surface area contributed by atoms with E-state index in [1.807, 2.05) is 6.08 Å². The zero-order valence-corrected chi connectivity index (χ0v) is 52.2. The van der Waals surface area contributed by atoms with Crippen molar-refractivity contribution in [2.24, 2.45) is 0 Å². The van der Waals surface area contributed by atoms with Crippen LogP contribution in [0.4, 0.5) is 0 Å². The van der Waals surface area contributed by atoms with E-state index in [1.54, 1.807) is 6.08 Å². The van der Waals surface area contributed by atoms with Crippen LogP contribution in [0.2, 0.25) is 0 Å². The molecular weight excluding hydrogens is 947 g/mol. The lowest BCUT2D eigenvalue weighted by molar-refractivity contribution is -0.143. The molecule has 0 aromatic rings. The van der Waals surface area contributed by atoms with Crippen LogP contribution in [0.25, 0.3) is 0 Å². The van der Waals surface area contributed by atoms with Gasteiger partial charge in [0.15, 0.2) is 0 Å². The summed E-state index contributed by atoms with van der Waals surface area (Å²) in [7, 11) is 0. The van der Waals surface area contributed by atoms with Gasteiger partial charge in [0.25, 0.3) is 0 Å². The number of amides is 1. The fraction of sp³-hybridized carbons (Fsp3) is 0.915. The molecule has 6 nitrogen and oxygen atoms in total. The summed E-state index contributed by atoms with van der Waals surface area (Å²) in [5.74, 6) is -0.0495. The van der Waals surface area contributed by atoms with Crippen molar-refractivity contribution in [2.45, 2.75) is 405 Å². The molecule has 2 atom stereocenters. The van der Waals surface area contributed by atoms with Gasteiger partial charge < -0.3 is 20.3 Å². The van der Waals surface area contributed by atoms with Gasteiger partial charge in [-0.15, -0.1) is 0 Å². The molecule has 77 heavy (non-hydrogen) atoms. The van der Waals surface area contributed by atoms with Gasteiger partial charge in [0, 0.05) is 12.8 Å². The van der Waals surface area contributed by atoms with E-state index in [0.29, 0.717) is 19.4 Å². The second-order valence-electron chi connectivity index (χ2n) is 24.2. The summed E-state index contributed by atoms with van der Waals surface area (Å²) >= 11 is 0. The summed E-state index contributed by atoms with van der Waals surface area (Å²) in [5.41, 5.74) is 0. The highest BCUT2D eigenvalue weighted by Gasteiger charge is 2.18. The van der Waals surface area contributed by atoms with Gasteiger partial charge in [-0.05, 0) is 57.8 Å². The van der Waals surface area contributed by atoms with E-state index in [4.69, 9.17) is 4.74 Å². The molecule has 2 unspecified atom stereocenters. The first-order chi connectivity index (χ1) is 38.0. The highest BCUT2D eigenvalue weighted by atomic mass is 16.5. The van der Waals surface area contributed by atoms with Gasteiger partial charge in [-0.25, -0.2) is 0 Å². The van der Waals surface area contributed by atoms with Gasteiger partial charge in [0.05, 0.1) is 25.4 Å². The van der Waals surface area contributed by atoms with Crippen molar-refractivity contribution in [3.05, 3.63) is 24.3 Å². The largest absolute Gasteiger partial charge is 0.466 e. The van der Waals surface area contributed by atoms with Crippen molar-refractivity contribution < 1.29 is 24.5 Å². The molecule has 0 spiro atoms. The third-order valence-electron chi connectivity index (χ3n) is 16.5. The van der Waals surface area contributed by atoms with E-state index in [-0.39, 0.29) is 18.5 Å². The van der Waals surface area contributed by atoms with Crippen molar-refractivity contribution in [3.63, 3.8) is 0 Å². The smallest absolute Gasteiger partial charge is 0.305 e. The van der Waals surface area contributed by atoms with Crippen LogP contribution < -0.4 is 5.32 Å². The van der Waals surface area contributed by atoms with Gasteiger partial charge in [-0.1, -0.05) is 346 Å². The van der Waals surface area contributed by atoms with Gasteiger partial charge >= 0.3 is 5.97 Å². The highest BCUT2D eigenvalue weighted by Crippen LogP contribution is 2.19. The minimum atomic E-state index is -0.841. The molecule has 0 saturated heterocycles. The second kappa shape index (κ2) is 66.8. The number of esters is 1. The first-order valence-electron chi connectivity index (χ1n) is 35.1. The Kier molecular flexibility index (Phi) is 65.4. The van der Waals surface area contributed by atoms with Gasteiger partial charge in [0.2, 0.25) is 5.91 Å². The molecular formula is C71H137NO5. The van der Waals surface area contributed by atoms with Crippen molar-refractivity contribution in [2.75, 3.05) is 13.2 Å². The summed E-state index contributed by atoms with van der Waals surface area (Å²) in [4.78, 5) is 24.5. The maximum Gasteiger partial charge on any atom is 0.305 e. The maximum absolute atomic E-state index is 12.5. The fourth-order valence-corrected chi connectivity index (χ4v) is 11.1. The zero-order chi connectivity index (χ0) is 55.7. The number of unbranched alkanes of at least 4 members (excludes halogenated alkanes) is 53. The molecule has 0 heterocycles. The standard InChI is InChI=1S/C71H137NO5/c1-3-5-7-9-11-13-15-17-19-36-39-43-47-51-55-59-63-69(74)68(67-73)72-70(75)64-60-56-52-48-44-40-37-34-32-30-28-26-24-22-20-21-23-25-27-29-31-33-35-38-42-46-50-54-58-62-66-77-71(76)65-61-57-53-49-45-41-18-16-14-12-10-8-6-4-2/h16,18,59,63,68-69,73-74H,3-15,17,19-58,60-62,64-67H2,1-2H3,(H,72,75)/b18-16-,63-59+. The van der Waals surface area contributed by atoms with Crippen molar-refractivity contribution >= 4 is 11.9 Å². The normalized spacial score (nSPS) is 12.6. The van der Waals surface area contributed by atoms with Crippen molar-refractivity contribution in [1.29, 1.82) is 0 Å². The number of carbonyl (C=O) groups excluding carboxylic acids is 2. The molecule has 0 aromatic carbocycles. The molecule has 1 amide bonds. The highest BCUT2D eigenvalue weighted by molar-refractivity contribution is 5.76. The number of aliphatic hydroxyl groups excluding tert-OH is 2.